The number of halogens is 6. The van der Waals surface area contributed by atoms with Crippen LogP contribution in [0.4, 0.5) is 23.2 Å². The fourth-order valence-electron chi connectivity index (χ4n) is 1.70. The van der Waals surface area contributed by atoms with Crippen LogP contribution in [0.5, 0.6) is 0 Å². The SMILES string of the molecule is Fc1ccc(Cl)c(CNc2ccc(C(F)(F)F)cc2Cl)c1. The molecule has 0 saturated carbocycles. The van der Waals surface area contributed by atoms with E-state index in [2.05, 4.69) is 5.32 Å². The van der Waals surface area contributed by atoms with Crippen LogP contribution < -0.4 is 5.32 Å². The van der Waals surface area contributed by atoms with Gasteiger partial charge in [0.15, 0.2) is 0 Å². The second-order valence-corrected chi connectivity index (χ2v) is 5.10. The molecule has 0 heterocycles. The van der Waals surface area contributed by atoms with Crippen molar-refractivity contribution in [3.63, 3.8) is 0 Å². The van der Waals surface area contributed by atoms with Gasteiger partial charge in [0.1, 0.15) is 5.82 Å². The molecule has 2 rings (SSSR count). The lowest BCUT2D eigenvalue weighted by atomic mass is 10.2. The molecule has 0 aliphatic rings. The van der Waals surface area contributed by atoms with Gasteiger partial charge in [-0.05, 0) is 42.0 Å². The van der Waals surface area contributed by atoms with Gasteiger partial charge in [-0.15, -0.1) is 0 Å². The molecular formula is C14H9Cl2F4N. The van der Waals surface area contributed by atoms with Crippen molar-refractivity contribution in [2.45, 2.75) is 12.7 Å². The topological polar surface area (TPSA) is 12.0 Å². The molecule has 0 aliphatic carbocycles. The van der Waals surface area contributed by atoms with Gasteiger partial charge >= 0.3 is 6.18 Å². The second-order valence-electron chi connectivity index (χ2n) is 4.28. The summed E-state index contributed by atoms with van der Waals surface area (Å²) in [5.41, 5.74) is -0.0422. The number of alkyl halides is 3. The molecule has 0 saturated heterocycles. The molecule has 7 heteroatoms. The first-order valence-electron chi connectivity index (χ1n) is 5.82. The predicted octanol–water partition coefficient (Wildman–Crippen LogP) is 5.76. The van der Waals surface area contributed by atoms with E-state index in [4.69, 9.17) is 23.2 Å². The molecule has 21 heavy (non-hydrogen) atoms. The summed E-state index contributed by atoms with van der Waals surface area (Å²) in [7, 11) is 0. The molecule has 0 unspecified atom stereocenters. The van der Waals surface area contributed by atoms with Crippen molar-refractivity contribution < 1.29 is 17.6 Å². The Kier molecular flexibility index (Phi) is 4.64. The third-order valence-corrected chi connectivity index (χ3v) is 3.45. The summed E-state index contributed by atoms with van der Waals surface area (Å²) in [4.78, 5) is 0. The number of hydrogen-bond donors (Lipinski definition) is 1. The second kappa shape index (κ2) is 6.12. The van der Waals surface area contributed by atoms with Gasteiger partial charge in [0.2, 0.25) is 0 Å². The molecule has 2 aromatic carbocycles. The lowest BCUT2D eigenvalue weighted by molar-refractivity contribution is -0.137. The monoisotopic (exact) mass is 337 g/mol. The summed E-state index contributed by atoms with van der Waals surface area (Å²) < 4.78 is 50.6. The van der Waals surface area contributed by atoms with Crippen molar-refractivity contribution >= 4 is 28.9 Å². The van der Waals surface area contributed by atoms with Crippen LogP contribution >= 0.6 is 23.2 Å². The molecule has 1 N–H and O–H groups in total. The van der Waals surface area contributed by atoms with Crippen LogP contribution in [0.2, 0.25) is 10.0 Å². The van der Waals surface area contributed by atoms with Crippen LogP contribution in [0.15, 0.2) is 36.4 Å². The van der Waals surface area contributed by atoms with Gasteiger partial charge in [0.25, 0.3) is 0 Å². The lowest BCUT2D eigenvalue weighted by Crippen LogP contribution is -2.06. The molecule has 0 spiro atoms. The maximum absolute atomic E-state index is 13.1. The normalized spacial score (nSPS) is 11.5. The highest BCUT2D eigenvalue weighted by molar-refractivity contribution is 6.33. The highest BCUT2D eigenvalue weighted by Crippen LogP contribution is 2.34. The first-order chi connectivity index (χ1) is 9.77. The molecule has 0 radical (unpaired) electrons. The summed E-state index contributed by atoms with van der Waals surface area (Å²) in [6.45, 7) is 0.141. The van der Waals surface area contributed by atoms with E-state index >= 15 is 0 Å². The Morgan fingerprint density at radius 1 is 0.952 bits per heavy atom. The average molecular weight is 338 g/mol. The van der Waals surface area contributed by atoms with Gasteiger partial charge < -0.3 is 5.32 Å². The third kappa shape index (κ3) is 4.02. The molecule has 0 fully saturated rings. The molecule has 0 aliphatic heterocycles. The van der Waals surface area contributed by atoms with Crippen molar-refractivity contribution in [3.05, 3.63) is 63.4 Å². The van der Waals surface area contributed by atoms with Crippen LogP contribution in [0, 0.1) is 5.82 Å². The average Bonchev–Trinajstić information content (AvgIpc) is 2.40. The van der Waals surface area contributed by atoms with Gasteiger partial charge in [-0.1, -0.05) is 23.2 Å². The van der Waals surface area contributed by atoms with Gasteiger partial charge in [0.05, 0.1) is 16.3 Å². The van der Waals surface area contributed by atoms with E-state index in [9.17, 15) is 17.6 Å². The number of nitrogens with one attached hydrogen (secondary N) is 1. The lowest BCUT2D eigenvalue weighted by Gasteiger charge is -2.12. The van der Waals surface area contributed by atoms with E-state index in [1.165, 1.54) is 24.3 Å². The number of benzene rings is 2. The Morgan fingerprint density at radius 2 is 1.67 bits per heavy atom. The zero-order chi connectivity index (χ0) is 15.6. The highest BCUT2D eigenvalue weighted by Gasteiger charge is 2.30. The third-order valence-electron chi connectivity index (χ3n) is 2.77. The molecule has 1 nitrogen and oxygen atoms in total. The summed E-state index contributed by atoms with van der Waals surface area (Å²) in [6, 6.07) is 6.84. The first kappa shape index (κ1) is 15.9. The van der Waals surface area contributed by atoms with E-state index in [-0.39, 0.29) is 11.6 Å². The first-order valence-corrected chi connectivity index (χ1v) is 6.57. The molecular weight excluding hydrogens is 329 g/mol. The van der Waals surface area contributed by atoms with Crippen molar-refractivity contribution in [1.82, 2.24) is 0 Å². The maximum atomic E-state index is 13.1. The Balaban J connectivity index is 2.15. The summed E-state index contributed by atoms with van der Waals surface area (Å²) in [6.07, 6.45) is -4.45. The Labute approximate surface area is 128 Å². The van der Waals surface area contributed by atoms with Gasteiger partial charge in [0, 0.05) is 11.6 Å². The van der Waals surface area contributed by atoms with Crippen LogP contribution in [0.25, 0.3) is 0 Å². The molecule has 0 aromatic heterocycles. The molecule has 0 bridgehead atoms. The van der Waals surface area contributed by atoms with Crippen molar-refractivity contribution in [1.29, 1.82) is 0 Å². The molecule has 112 valence electrons. The van der Waals surface area contributed by atoms with Crippen LogP contribution in [0.1, 0.15) is 11.1 Å². The van der Waals surface area contributed by atoms with E-state index in [0.717, 1.165) is 12.1 Å². The predicted molar refractivity (Wildman–Crippen MR) is 75.2 cm³/mol. The minimum absolute atomic E-state index is 0.0719. The van der Waals surface area contributed by atoms with Crippen LogP contribution in [-0.4, -0.2) is 0 Å². The number of anilines is 1. The van der Waals surface area contributed by atoms with Gasteiger partial charge in [-0.25, -0.2) is 4.39 Å². The molecule has 0 atom stereocenters. The van der Waals surface area contributed by atoms with Crippen molar-refractivity contribution in [2.75, 3.05) is 5.32 Å². The fraction of sp³-hybridized carbons (Fsp3) is 0.143. The Morgan fingerprint density at radius 3 is 2.29 bits per heavy atom. The van der Waals surface area contributed by atoms with E-state index in [1.54, 1.807) is 0 Å². The zero-order valence-corrected chi connectivity index (χ0v) is 12.0. The zero-order valence-electron chi connectivity index (χ0n) is 10.4. The Hall–Kier alpha value is -1.46. The Bertz CT molecular complexity index is 656. The fourth-order valence-corrected chi connectivity index (χ4v) is 2.14. The summed E-state index contributed by atoms with van der Waals surface area (Å²) in [5.74, 6) is -0.449. The van der Waals surface area contributed by atoms with Crippen LogP contribution in [-0.2, 0) is 12.7 Å². The quantitative estimate of drug-likeness (QED) is 0.701. The minimum atomic E-state index is -4.45. The van der Waals surface area contributed by atoms with E-state index < -0.39 is 17.6 Å². The maximum Gasteiger partial charge on any atom is 0.416 e. The number of hydrogen-bond acceptors (Lipinski definition) is 1. The van der Waals surface area contributed by atoms with Crippen LogP contribution in [0.3, 0.4) is 0 Å². The largest absolute Gasteiger partial charge is 0.416 e. The standard InChI is InChI=1S/C14H9Cl2F4N/c15-11-3-2-10(17)5-8(11)7-21-13-4-1-9(6-12(13)16)14(18,19)20/h1-6,21H,7H2. The molecule has 0 amide bonds. The van der Waals surface area contributed by atoms with Gasteiger partial charge in [-0.2, -0.15) is 13.2 Å². The van der Waals surface area contributed by atoms with E-state index in [1.807, 2.05) is 0 Å². The van der Waals surface area contributed by atoms with Crippen molar-refractivity contribution in [2.24, 2.45) is 0 Å². The summed E-state index contributed by atoms with van der Waals surface area (Å²) in [5, 5.41) is 3.11. The van der Waals surface area contributed by atoms with Crippen molar-refractivity contribution in [3.8, 4) is 0 Å². The van der Waals surface area contributed by atoms with E-state index in [0.29, 0.717) is 16.3 Å². The summed E-state index contributed by atoms with van der Waals surface area (Å²) >= 11 is 11.7. The molecule has 2 aromatic rings. The van der Waals surface area contributed by atoms with Gasteiger partial charge in [-0.3, -0.25) is 0 Å². The minimum Gasteiger partial charge on any atom is -0.380 e. The highest BCUT2D eigenvalue weighted by atomic mass is 35.5. The smallest absolute Gasteiger partial charge is 0.380 e. The number of rotatable bonds is 3.